The summed E-state index contributed by atoms with van der Waals surface area (Å²) in [6, 6.07) is 0. The van der Waals surface area contributed by atoms with Crippen molar-refractivity contribution in [1.82, 2.24) is 9.80 Å². The fourth-order valence-electron chi connectivity index (χ4n) is 1.41. The van der Waals surface area contributed by atoms with Gasteiger partial charge in [-0.05, 0) is 7.05 Å². The maximum atomic E-state index is 11.2. The van der Waals surface area contributed by atoms with Gasteiger partial charge in [-0.2, -0.15) is 0 Å². The summed E-state index contributed by atoms with van der Waals surface area (Å²) in [5, 5.41) is 0. The van der Waals surface area contributed by atoms with E-state index in [0.717, 1.165) is 13.2 Å². The van der Waals surface area contributed by atoms with Gasteiger partial charge in [0.25, 0.3) is 0 Å². The van der Waals surface area contributed by atoms with Crippen molar-refractivity contribution in [2.24, 2.45) is 5.92 Å². The second-order valence-electron chi connectivity index (χ2n) is 3.12. The molecule has 0 bridgehead atoms. The zero-order chi connectivity index (χ0) is 7.72. The van der Waals surface area contributed by atoms with Gasteiger partial charge in [0.1, 0.15) is 0 Å². The van der Waals surface area contributed by atoms with Gasteiger partial charge in [-0.25, -0.2) is 0 Å². The van der Waals surface area contributed by atoms with Crippen LogP contribution in [0.2, 0.25) is 0 Å². The van der Waals surface area contributed by atoms with Crippen molar-refractivity contribution >= 4 is 5.91 Å². The van der Waals surface area contributed by atoms with Crippen LogP contribution in [0.5, 0.6) is 0 Å². The van der Waals surface area contributed by atoms with Gasteiger partial charge >= 0.3 is 0 Å². The van der Waals surface area contributed by atoms with Crippen LogP contribution >= 0.6 is 0 Å². The quantitative estimate of drug-likeness (QED) is 0.474. The fraction of sp³-hybridized carbons (Fsp3) is 0.857. The summed E-state index contributed by atoms with van der Waals surface area (Å²) in [6.07, 6.45) is 0. The van der Waals surface area contributed by atoms with Gasteiger partial charge < -0.3 is 4.90 Å². The molecule has 1 atom stereocenters. The van der Waals surface area contributed by atoms with E-state index in [4.69, 9.17) is 0 Å². The third-order valence-corrected chi connectivity index (χ3v) is 1.84. The molecule has 0 aromatic carbocycles. The highest BCUT2D eigenvalue weighted by molar-refractivity contribution is 5.79. The summed E-state index contributed by atoms with van der Waals surface area (Å²) in [5.41, 5.74) is 0. The van der Waals surface area contributed by atoms with Crippen molar-refractivity contribution in [1.29, 1.82) is 0 Å². The molecule has 1 unspecified atom stereocenters. The Morgan fingerprint density at radius 3 is 2.60 bits per heavy atom. The summed E-state index contributed by atoms with van der Waals surface area (Å²) in [4.78, 5) is 15.1. The Balaban J connectivity index is 2.57. The van der Waals surface area contributed by atoms with Crippen LogP contribution in [0.25, 0.3) is 0 Å². The number of amides is 1. The van der Waals surface area contributed by atoms with Crippen molar-refractivity contribution in [2.75, 3.05) is 27.3 Å². The molecular formula is C7H14N2O. The first-order chi connectivity index (χ1) is 4.61. The SMILES string of the molecule is CC1CN(C)CN(C)C1=O. The lowest BCUT2D eigenvalue weighted by molar-refractivity contribution is -0.140. The molecule has 0 spiro atoms. The molecule has 1 fully saturated rings. The molecule has 3 nitrogen and oxygen atoms in total. The first kappa shape index (κ1) is 7.54. The molecule has 1 aliphatic heterocycles. The van der Waals surface area contributed by atoms with E-state index in [0.29, 0.717) is 0 Å². The predicted octanol–water partition coefficient (Wildman–Crippen LogP) is -0.0162. The van der Waals surface area contributed by atoms with Crippen LogP contribution < -0.4 is 0 Å². The Hall–Kier alpha value is -0.570. The van der Waals surface area contributed by atoms with E-state index < -0.39 is 0 Å². The van der Waals surface area contributed by atoms with Crippen molar-refractivity contribution in [3.63, 3.8) is 0 Å². The molecule has 3 heteroatoms. The van der Waals surface area contributed by atoms with Crippen LogP contribution in [0.15, 0.2) is 0 Å². The van der Waals surface area contributed by atoms with Crippen LogP contribution in [0.4, 0.5) is 0 Å². The number of nitrogens with zero attached hydrogens (tertiary/aromatic N) is 2. The molecule has 0 radical (unpaired) electrons. The van der Waals surface area contributed by atoms with Crippen LogP contribution in [0.3, 0.4) is 0 Å². The van der Waals surface area contributed by atoms with E-state index in [9.17, 15) is 4.79 Å². The Bertz CT molecular complexity index is 133. The van der Waals surface area contributed by atoms with Gasteiger partial charge in [0, 0.05) is 19.5 Å². The lowest BCUT2D eigenvalue weighted by Crippen LogP contribution is -2.48. The van der Waals surface area contributed by atoms with Crippen LogP contribution in [0.1, 0.15) is 6.92 Å². The number of carbonyl (C=O) groups excluding carboxylic acids is 1. The van der Waals surface area contributed by atoms with Crippen LogP contribution in [-0.4, -0.2) is 43.0 Å². The molecule has 1 rings (SSSR count). The van der Waals surface area contributed by atoms with E-state index in [1.165, 1.54) is 0 Å². The highest BCUT2D eigenvalue weighted by Crippen LogP contribution is 2.08. The Morgan fingerprint density at radius 2 is 2.10 bits per heavy atom. The first-order valence-corrected chi connectivity index (χ1v) is 3.55. The molecule has 0 aromatic rings. The number of rotatable bonds is 0. The molecule has 58 valence electrons. The minimum atomic E-state index is 0.170. The van der Waals surface area contributed by atoms with Crippen molar-refractivity contribution in [2.45, 2.75) is 6.92 Å². The minimum absolute atomic E-state index is 0.170. The average molecular weight is 142 g/mol. The van der Waals surface area contributed by atoms with Gasteiger partial charge in [-0.3, -0.25) is 9.69 Å². The number of carbonyl (C=O) groups is 1. The highest BCUT2D eigenvalue weighted by Gasteiger charge is 2.24. The fourth-order valence-corrected chi connectivity index (χ4v) is 1.41. The lowest BCUT2D eigenvalue weighted by Gasteiger charge is -2.33. The molecule has 10 heavy (non-hydrogen) atoms. The standard InChI is InChI=1S/C7H14N2O/c1-6-4-8(2)5-9(3)7(6)10/h6H,4-5H2,1-3H3. The zero-order valence-corrected chi connectivity index (χ0v) is 6.79. The predicted molar refractivity (Wildman–Crippen MR) is 39.4 cm³/mol. The van der Waals surface area contributed by atoms with Gasteiger partial charge in [0.2, 0.25) is 5.91 Å². The molecule has 0 saturated carbocycles. The highest BCUT2D eigenvalue weighted by atomic mass is 16.2. The Morgan fingerprint density at radius 1 is 1.50 bits per heavy atom. The topological polar surface area (TPSA) is 23.6 Å². The van der Waals surface area contributed by atoms with Gasteiger partial charge in [0.05, 0.1) is 6.67 Å². The second-order valence-corrected chi connectivity index (χ2v) is 3.12. The van der Waals surface area contributed by atoms with Crippen molar-refractivity contribution < 1.29 is 4.79 Å². The molecule has 0 N–H and O–H groups in total. The van der Waals surface area contributed by atoms with Crippen LogP contribution in [0, 0.1) is 5.92 Å². The molecule has 1 heterocycles. The minimum Gasteiger partial charge on any atom is -0.333 e. The van der Waals surface area contributed by atoms with Crippen molar-refractivity contribution in [3.05, 3.63) is 0 Å². The molecule has 0 aliphatic carbocycles. The third-order valence-electron chi connectivity index (χ3n) is 1.84. The maximum Gasteiger partial charge on any atom is 0.227 e. The Labute approximate surface area is 61.6 Å². The van der Waals surface area contributed by atoms with Gasteiger partial charge in [0.15, 0.2) is 0 Å². The monoisotopic (exact) mass is 142 g/mol. The van der Waals surface area contributed by atoms with Crippen molar-refractivity contribution in [3.8, 4) is 0 Å². The lowest BCUT2D eigenvalue weighted by atomic mass is 10.1. The second kappa shape index (κ2) is 2.58. The largest absolute Gasteiger partial charge is 0.333 e. The van der Waals surface area contributed by atoms with E-state index in [1.807, 2.05) is 21.0 Å². The summed E-state index contributed by atoms with van der Waals surface area (Å²) in [5.74, 6) is 0.432. The van der Waals surface area contributed by atoms with Crippen LogP contribution in [-0.2, 0) is 4.79 Å². The number of hydrogen-bond acceptors (Lipinski definition) is 2. The molecule has 1 amide bonds. The van der Waals surface area contributed by atoms with Gasteiger partial charge in [-0.1, -0.05) is 6.92 Å². The summed E-state index contributed by atoms with van der Waals surface area (Å²) < 4.78 is 0. The summed E-state index contributed by atoms with van der Waals surface area (Å²) in [6.45, 7) is 3.63. The molecule has 0 aromatic heterocycles. The molecular weight excluding hydrogens is 128 g/mol. The van der Waals surface area contributed by atoms with E-state index >= 15 is 0 Å². The smallest absolute Gasteiger partial charge is 0.227 e. The maximum absolute atomic E-state index is 11.2. The normalized spacial score (nSPS) is 29.3. The van der Waals surface area contributed by atoms with Gasteiger partial charge in [-0.15, -0.1) is 0 Å². The number of hydrogen-bond donors (Lipinski definition) is 0. The first-order valence-electron chi connectivity index (χ1n) is 3.55. The summed E-state index contributed by atoms with van der Waals surface area (Å²) >= 11 is 0. The Kier molecular flexibility index (Phi) is 1.94. The molecule has 1 aliphatic rings. The van der Waals surface area contributed by atoms with E-state index in [2.05, 4.69) is 4.90 Å². The summed E-state index contributed by atoms with van der Waals surface area (Å²) in [7, 11) is 3.87. The van der Waals surface area contributed by atoms with E-state index in [1.54, 1.807) is 4.90 Å². The zero-order valence-electron chi connectivity index (χ0n) is 6.79. The molecule has 1 saturated heterocycles. The third kappa shape index (κ3) is 1.29. The van der Waals surface area contributed by atoms with E-state index in [-0.39, 0.29) is 11.8 Å². The average Bonchev–Trinajstić information content (AvgIpc) is 1.82.